The molecule has 1 saturated heterocycles. The Labute approximate surface area is 227 Å². The van der Waals surface area contributed by atoms with Gasteiger partial charge in [-0.1, -0.05) is 60.7 Å². The van der Waals surface area contributed by atoms with Crippen LogP contribution in [0.5, 0.6) is 11.5 Å². The highest BCUT2D eigenvalue weighted by molar-refractivity contribution is 6.51. The Bertz CT molecular complexity index is 1560. The molecule has 1 fully saturated rings. The number of aliphatic hydroxyl groups is 1. The molecular formula is C33H29NO5. The summed E-state index contributed by atoms with van der Waals surface area (Å²) in [7, 11) is 1.57. The number of carbonyl (C=O) groups excluding carboxylic acids is 2. The first-order valence-electron chi connectivity index (χ1n) is 12.7. The van der Waals surface area contributed by atoms with Gasteiger partial charge < -0.3 is 14.6 Å². The van der Waals surface area contributed by atoms with E-state index in [0.29, 0.717) is 34.9 Å². The molecule has 1 aliphatic heterocycles. The second-order valence-electron chi connectivity index (χ2n) is 9.48. The van der Waals surface area contributed by atoms with Crippen molar-refractivity contribution in [2.24, 2.45) is 0 Å². The summed E-state index contributed by atoms with van der Waals surface area (Å²) in [5.74, 6) is -0.344. The van der Waals surface area contributed by atoms with Crippen molar-refractivity contribution >= 4 is 23.1 Å². The van der Waals surface area contributed by atoms with Gasteiger partial charge in [0.15, 0.2) is 0 Å². The van der Waals surface area contributed by atoms with E-state index in [2.05, 4.69) is 0 Å². The fourth-order valence-corrected chi connectivity index (χ4v) is 4.87. The lowest BCUT2D eigenvalue weighted by molar-refractivity contribution is -0.132. The normalized spacial score (nSPS) is 16.4. The minimum atomic E-state index is -0.814. The van der Waals surface area contributed by atoms with Crippen molar-refractivity contribution < 1.29 is 24.2 Å². The standard InChI is InChI=1S/C33H29NO5/c1-21-9-7-8-12-27(21)34-30(24-13-16-26(38-3)17-14-24)29(32(36)33(34)37)31(35)25-15-18-28(22(2)19-25)39-20-23-10-5-4-6-11-23/h4-19,30,35H,20H2,1-3H3/b31-29-. The molecule has 6 heteroatoms. The molecule has 1 N–H and O–H groups in total. The number of aliphatic hydroxyl groups excluding tert-OH is 1. The minimum Gasteiger partial charge on any atom is -0.507 e. The average Bonchev–Trinajstić information content (AvgIpc) is 3.22. The number of benzene rings is 4. The molecule has 1 aliphatic rings. The van der Waals surface area contributed by atoms with Crippen LogP contribution in [0.15, 0.2) is 103 Å². The first kappa shape index (κ1) is 25.8. The van der Waals surface area contributed by atoms with Crippen molar-refractivity contribution in [2.45, 2.75) is 26.5 Å². The Morgan fingerprint density at radius 2 is 1.54 bits per heavy atom. The zero-order valence-corrected chi connectivity index (χ0v) is 22.0. The van der Waals surface area contributed by atoms with Gasteiger partial charge in [0.25, 0.3) is 11.7 Å². The van der Waals surface area contributed by atoms with Crippen molar-refractivity contribution in [3.05, 3.63) is 130 Å². The zero-order valence-electron chi connectivity index (χ0n) is 22.0. The third-order valence-electron chi connectivity index (χ3n) is 6.94. The van der Waals surface area contributed by atoms with Crippen molar-refractivity contribution in [1.29, 1.82) is 0 Å². The zero-order chi connectivity index (χ0) is 27.5. The largest absolute Gasteiger partial charge is 0.507 e. The lowest BCUT2D eigenvalue weighted by atomic mass is 9.94. The molecule has 1 unspecified atom stereocenters. The highest BCUT2D eigenvalue weighted by Gasteiger charge is 2.47. The average molecular weight is 520 g/mol. The van der Waals surface area contributed by atoms with Crippen LogP contribution in [0, 0.1) is 13.8 Å². The first-order valence-corrected chi connectivity index (χ1v) is 12.7. The third-order valence-corrected chi connectivity index (χ3v) is 6.94. The number of rotatable bonds is 7. The van der Waals surface area contributed by atoms with Gasteiger partial charge in [0.1, 0.15) is 23.9 Å². The molecule has 39 heavy (non-hydrogen) atoms. The van der Waals surface area contributed by atoms with Gasteiger partial charge in [0.2, 0.25) is 0 Å². The second kappa shape index (κ2) is 10.9. The van der Waals surface area contributed by atoms with Gasteiger partial charge in [-0.3, -0.25) is 14.5 Å². The summed E-state index contributed by atoms with van der Waals surface area (Å²) in [6.45, 7) is 4.17. The second-order valence-corrected chi connectivity index (χ2v) is 9.48. The lowest BCUT2D eigenvalue weighted by Gasteiger charge is -2.27. The number of para-hydroxylation sites is 1. The summed E-state index contributed by atoms with van der Waals surface area (Å²) in [6, 6.07) is 28.8. The fraction of sp³-hybridized carbons (Fsp3) is 0.152. The molecule has 6 nitrogen and oxygen atoms in total. The number of nitrogens with zero attached hydrogens (tertiary/aromatic N) is 1. The first-order chi connectivity index (χ1) is 18.9. The van der Waals surface area contributed by atoms with Crippen LogP contribution in [-0.2, 0) is 16.2 Å². The van der Waals surface area contributed by atoms with Crippen LogP contribution in [0.25, 0.3) is 5.76 Å². The molecule has 1 heterocycles. The number of aryl methyl sites for hydroxylation is 2. The number of ether oxygens (including phenoxy) is 2. The Morgan fingerprint density at radius 1 is 0.846 bits per heavy atom. The number of hydrogen-bond donors (Lipinski definition) is 1. The van der Waals surface area contributed by atoms with Gasteiger partial charge in [-0.05, 0) is 72.5 Å². The monoisotopic (exact) mass is 519 g/mol. The highest BCUT2D eigenvalue weighted by atomic mass is 16.5. The molecule has 0 aliphatic carbocycles. The van der Waals surface area contributed by atoms with Gasteiger partial charge in [0, 0.05) is 11.3 Å². The number of ketones is 1. The summed E-state index contributed by atoms with van der Waals surface area (Å²) in [4.78, 5) is 28.4. The van der Waals surface area contributed by atoms with E-state index >= 15 is 0 Å². The highest BCUT2D eigenvalue weighted by Crippen LogP contribution is 2.43. The SMILES string of the molecule is COc1ccc(C2/C(=C(/O)c3ccc(OCc4ccccc4)c(C)c3)C(=O)C(=O)N2c2ccccc2C)cc1. The van der Waals surface area contributed by atoms with Crippen LogP contribution >= 0.6 is 0 Å². The molecule has 1 atom stereocenters. The van der Waals surface area contributed by atoms with Gasteiger partial charge in [-0.15, -0.1) is 0 Å². The van der Waals surface area contributed by atoms with Crippen LogP contribution in [-0.4, -0.2) is 23.9 Å². The maximum absolute atomic E-state index is 13.5. The minimum absolute atomic E-state index is 0.0331. The topological polar surface area (TPSA) is 76.1 Å². The van der Waals surface area contributed by atoms with E-state index in [4.69, 9.17) is 9.47 Å². The molecule has 4 aromatic rings. The predicted molar refractivity (Wildman–Crippen MR) is 151 cm³/mol. The molecule has 1 amide bonds. The smallest absolute Gasteiger partial charge is 0.300 e. The summed E-state index contributed by atoms with van der Waals surface area (Å²) < 4.78 is 11.3. The van der Waals surface area contributed by atoms with Crippen LogP contribution in [0.2, 0.25) is 0 Å². The number of hydrogen-bond acceptors (Lipinski definition) is 5. The molecule has 5 rings (SSSR count). The van der Waals surface area contributed by atoms with Crippen LogP contribution in [0.1, 0.15) is 33.9 Å². The van der Waals surface area contributed by atoms with Crippen molar-refractivity contribution in [1.82, 2.24) is 0 Å². The van der Waals surface area contributed by atoms with E-state index in [-0.39, 0.29) is 11.3 Å². The van der Waals surface area contributed by atoms with Gasteiger partial charge in [0.05, 0.1) is 18.7 Å². The maximum Gasteiger partial charge on any atom is 0.300 e. The maximum atomic E-state index is 13.5. The summed E-state index contributed by atoms with van der Waals surface area (Å²) in [5, 5.41) is 11.5. The number of carbonyl (C=O) groups is 2. The van der Waals surface area contributed by atoms with Crippen LogP contribution in [0.4, 0.5) is 5.69 Å². The number of anilines is 1. The molecule has 0 aromatic heterocycles. The predicted octanol–water partition coefficient (Wildman–Crippen LogP) is 6.52. The number of amides is 1. The van der Waals surface area contributed by atoms with Gasteiger partial charge in [-0.2, -0.15) is 0 Å². The Kier molecular flexibility index (Phi) is 7.19. The van der Waals surface area contributed by atoms with E-state index < -0.39 is 17.7 Å². The summed E-state index contributed by atoms with van der Waals surface area (Å²) in [6.07, 6.45) is 0. The van der Waals surface area contributed by atoms with Gasteiger partial charge >= 0.3 is 0 Å². The van der Waals surface area contributed by atoms with E-state index in [9.17, 15) is 14.7 Å². The molecule has 0 bridgehead atoms. The van der Waals surface area contributed by atoms with Crippen molar-refractivity contribution in [3.8, 4) is 11.5 Å². The van der Waals surface area contributed by atoms with E-state index in [1.54, 1.807) is 55.6 Å². The molecule has 4 aromatic carbocycles. The fourth-order valence-electron chi connectivity index (χ4n) is 4.87. The van der Waals surface area contributed by atoms with Crippen molar-refractivity contribution in [2.75, 3.05) is 12.0 Å². The van der Waals surface area contributed by atoms with Crippen LogP contribution in [0.3, 0.4) is 0 Å². The quantitative estimate of drug-likeness (QED) is 0.171. The molecular weight excluding hydrogens is 490 g/mol. The molecule has 0 saturated carbocycles. The van der Waals surface area contributed by atoms with E-state index in [1.165, 1.54) is 4.90 Å². The summed E-state index contributed by atoms with van der Waals surface area (Å²) >= 11 is 0. The number of Topliss-reactive ketones (excluding diaryl/α,β-unsaturated/α-hetero) is 1. The van der Waals surface area contributed by atoms with E-state index in [0.717, 1.165) is 16.7 Å². The van der Waals surface area contributed by atoms with Gasteiger partial charge in [-0.25, -0.2) is 0 Å². The molecule has 0 spiro atoms. The third kappa shape index (κ3) is 5.01. The van der Waals surface area contributed by atoms with E-state index in [1.807, 2.05) is 62.4 Å². The lowest BCUT2D eigenvalue weighted by Crippen LogP contribution is -2.30. The summed E-state index contributed by atoms with van der Waals surface area (Å²) in [5.41, 5.74) is 4.43. The number of methoxy groups -OCH3 is 1. The Balaban J connectivity index is 1.57. The Morgan fingerprint density at radius 3 is 2.21 bits per heavy atom. The Hall–Kier alpha value is -4.84. The van der Waals surface area contributed by atoms with Crippen LogP contribution < -0.4 is 14.4 Å². The molecule has 196 valence electrons. The van der Waals surface area contributed by atoms with Crippen molar-refractivity contribution in [3.63, 3.8) is 0 Å². The molecule has 0 radical (unpaired) electrons.